The van der Waals surface area contributed by atoms with E-state index in [1.54, 1.807) is 12.0 Å². The van der Waals surface area contributed by atoms with Gasteiger partial charge in [-0.15, -0.1) is 0 Å². The first-order valence-electron chi connectivity index (χ1n) is 9.00. The standard InChI is InChI=1S/C21H27N3O2/c1-22(2)21(25)20(17-9-5-4-6-10-17)24-15-13-23(14-16-24)18-11-7-8-12-19(18)26-3/h4-12,20H,13-16H2,1-3H3. The molecule has 1 saturated heterocycles. The summed E-state index contributed by atoms with van der Waals surface area (Å²) in [5.74, 6) is 1.02. The summed E-state index contributed by atoms with van der Waals surface area (Å²) < 4.78 is 5.50. The van der Waals surface area contributed by atoms with Crippen molar-refractivity contribution in [2.75, 3.05) is 52.3 Å². The van der Waals surface area contributed by atoms with Crippen molar-refractivity contribution >= 4 is 11.6 Å². The Morgan fingerprint density at radius 3 is 2.19 bits per heavy atom. The van der Waals surface area contributed by atoms with Gasteiger partial charge in [-0.1, -0.05) is 42.5 Å². The maximum Gasteiger partial charge on any atom is 0.244 e. The van der Waals surface area contributed by atoms with Crippen molar-refractivity contribution in [3.63, 3.8) is 0 Å². The molecule has 1 heterocycles. The summed E-state index contributed by atoms with van der Waals surface area (Å²) in [6.07, 6.45) is 0. The Hall–Kier alpha value is -2.53. The lowest BCUT2D eigenvalue weighted by molar-refractivity contribution is -0.134. The number of likely N-dealkylation sites (N-methyl/N-ethyl adjacent to an activating group) is 1. The maximum atomic E-state index is 12.8. The van der Waals surface area contributed by atoms with Gasteiger partial charge in [0.15, 0.2) is 0 Å². The Morgan fingerprint density at radius 2 is 1.58 bits per heavy atom. The van der Waals surface area contributed by atoms with Gasteiger partial charge in [0.25, 0.3) is 0 Å². The molecule has 1 unspecified atom stereocenters. The van der Waals surface area contributed by atoms with E-state index in [0.717, 1.165) is 43.2 Å². The highest BCUT2D eigenvalue weighted by Gasteiger charge is 2.31. The molecule has 0 aliphatic carbocycles. The van der Waals surface area contributed by atoms with Crippen LogP contribution in [0.15, 0.2) is 54.6 Å². The molecule has 5 heteroatoms. The van der Waals surface area contributed by atoms with E-state index in [9.17, 15) is 4.79 Å². The Morgan fingerprint density at radius 1 is 0.962 bits per heavy atom. The van der Waals surface area contributed by atoms with Crippen molar-refractivity contribution in [2.45, 2.75) is 6.04 Å². The molecule has 0 aromatic heterocycles. The fourth-order valence-corrected chi connectivity index (χ4v) is 3.50. The van der Waals surface area contributed by atoms with Crippen LogP contribution in [0, 0.1) is 0 Å². The number of carbonyl (C=O) groups is 1. The molecule has 2 aromatic rings. The number of benzene rings is 2. The van der Waals surface area contributed by atoms with Crippen molar-refractivity contribution in [2.24, 2.45) is 0 Å². The number of hydrogen-bond acceptors (Lipinski definition) is 4. The highest BCUT2D eigenvalue weighted by molar-refractivity contribution is 5.83. The van der Waals surface area contributed by atoms with E-state index in [0.29, 0.717) is 0 Å². The van der Waals surface area contributed by atoms with Gasteiger partial charge in [0.05, 0.1) is 12.8 Å². The number of anilines is 1. The van der Waals surface area contributed by atoms with E-state index in [2.05, 4.69) is 15.9 Å². The number of hydrogen-bond donors (Lipinski definition) is 0. The summed E-state index contributed by atoms with van der Waals surface area (Å²) in [6.45, 7) is 3.39. The predicted molar refractivity (Wildman–Crippen MR) is 105 cm³/mol. The van der Waals surface area contributed by atoms with Gasteiger partial charge in [0.1, 0.15) is 11.8 Å². The average molecular weight is 353 g/mol. The smallest absolute Gasteiger partial charge is 0.244 e. The highest BCUT2D eigenvalue weighted by atomic mass is 16.5. The molecule has 5 nitrogen and oxygen atoms in total. The van der Waals surface area contributed by atoms with Crippen LogP contribution < -0.4 is 9.64 Å². The van der Waals surface area contributed by atoms with Gasteiger partial charge in [-0.25, -0.2) is 0 Å². The minimum Gasteiger partial charge on any atom is -0.495 e. The van der Waals surface area contributed by atoms with Gasteiger partial charge in [-0.3, -0.25) is 9.69 Å². The molecular formula is C21H27N3O2. The lowest BCUT2D eigenvalue weighted by Crippen LogP contribution is -2.51. The molecule has 0 N–H and O–H groups in total. The fraction of sp³-hybridized carbons (Fsp3) is 0.381. The van der Waals surface area contributed by atoms with Gasteiger partial charge in [-0.05, 0) is 17.7 Å². The second-order valence-corrected chi connectivity index (χ2v) is 6.74. The molecular weight excluding hydrogens is 326 g/mol. The molecule has 1 atom stereocenters. The lowest BCUT2D eigenvalue weighted by Gasteiger charge is -2.40. The van der Waals surface area contributed by atoms with Crippen LogP contribution in [0.3, 0.4) is 0 Å². The lowest BCUT2D eigenvalue weighted by atomic mass is 10.0. The average Bonchev–Trinajstić information content (AvgIpc) is 2.69. The molecule has 1 amide bonds. The molecule has 26 heavy (non-hydrogen) atoms. The summed E-state index contributed by atoms with van der Waals surface area (Å²) in [7, 11) is 5.35. The van der Waals surface area contributed by atoms with Gasteiger partial charge in [0.2, 0.25) is 5.91 Å². The minimum atomic E-state index is -0.231. The van der Waals surface area contributed by atoms with E-state index in [-0.39, 0.29) is 11.9 Å². The maximum absolute atomic E-state index is 12.8. The minimum absolute atomic E-state index is 0.127. The number of amides is 1. The summed E-state index contributed by atoms with van der Waals surface area (Å²) in [5, 5.41) is 0. The molecule has 0 radical (unpaired) electrons. The molecule has 0 spiro atoms. The monoisotopic (exact) mass is 353 g/mol. The Labute approximate surface area is 155 Å². The molecule has 1 aliphatic heterocycles. The Balaban J connectivity index is 1.77. The number of rotatable bonds is 5. The van der Waals surface area contributed by atoms with Crippen LogP contribution in [-0.4, -0.2) is 63.1 Å². The van der Waals surface area contributed by atoms with Crippen molar-refractivity contribution < 1.29 is 9.53 Å². The number of nitrogens with zero attached hydrogens (tertiary/aromatic N) is 3. The third kappa shape index (κ3) is 3.83. The number of methoxy groups -OCH3 is 1. The second-order valence-electron chi connectivity index (χ2n) is 6.74. The molecule has 1 fully saturated rings. The van der Waals surface area contributed by atoms with Crippen LogP contribution in [0.2, 0.25) is 0 Å². The first-order valence-corrected chi connectivity index (χ1v) is 9.00. The normalized spacial score (nSPS) is 16.2. The van der Waals surface area contributed by atoms with E-state index < -0.39 is 0 Å². The van der Waals surface area contributed by atoms with Crippen LogP contribution in [0.4, 0.5) is 5.69 Å². The molecule has 138 valence electrons. The first-order chi connectivity index (χ1) is 12.6. The topological polar surface area (TPSA) is 36.0 Å². The van der Waals surface area contributed by atoms with E-state index in [1.165, 1.54) is 0 Å². The fourth-order valence-electron chi connectivity index (χ4n) is 3.50. The largest absolute Gasteiger partial charge is 0.495 e. The quantitative estimate of drug-likeness (QED) is 0.828. The zero-order valence-corrected chi connectivity index (χ0v) is 15.8. The molecule has 0 bridgehead atoms. The zero-order chi connectivity index (χ0) is 18.5. The van der Waals surface area contributed by atoms with Crippen molar-refractivity contribution in [3.05, 3.63) is 60.2 Å². The zero-order valence-electron chi connectivity index (χ0n) is 15.8. The van der Waals surface area contributed by atoms with E-state index >= 15 is 0 Å². The summed E-state index contributed by atoms with van der Waals surface area (Å²) in [6, 6.07) is 17.9. The number of ether oxygens (including phenoxy) is 1. The summed E-state index contributed by atoms with van der Waals surface area (Å²) in [5.41, 5.74) is 2.17. The first kappa shape index (κ1) is 18.3. The van der Waals surface area contributed by atoms with E-state index in [1.807, 2.05) is 62.6 Å². The van der Waals surface area contributed by atoms with Crippen molar-refractivity contribution in [1.82, 2.24) is 9.80 Å². The van der Waals surface area contributed by atoms with Gasteiger partial charge in [-0.2, -0.15) is 0 Å². The van der Waals surface area contributed by atoms with E-state index in [4.69, 9.17) is 4.74 Å². The third-order valence-electron chi connectivity index (χ3n) is 4.90. The SMILES string of the molecule is COc1ccccc1N1CCN(C(C(=O)N(C)C)c2ccccc2)CC1. The predicted octanol–water partition coefficient (Wildman–Crippen LogP) is 2.65. The third-order valence-corrected chi connectivity index (χ3v) is 4.90. The molecule has 1 aliphatic rings. The van der Waals surface area contributed by atoms with Crippen molar-refractivity contribution in [1.29, 1.82) is 0 Å². The van der Waals surface area contributed by atoms with Crippen LogP contribution in [0.5, 0.6) is 5.75 Å². The second kappa shape index (κ2) is 8.23. The van der Waals surface area contributed by atoms with Gasteiger partial charge >= 0.3 is 0 Å². The number of para-hydroxylation sites is 2. The molecule has 2 aromatic carbocycles. The summed E-state index contributed by atoms with van der Waals surface area (Å²) >= 11 is 0. The van der Waals surface area contributed by atoms with Crippen LogP contribution in [0.25, 0.3) is 0 Å². The molecule has 3 rings (SSSR count). The Bertz CT molecular complexity index is 725. The number of piperazine rings is 1. The van der Waals surface area contributed by atoms with Crippen molar-refractivity contribution in [3.8, 4) is 5.75 Å². The van der Waals surface area contributed by atoms with Crippen LogP contribution >= 0.6 is 0 Å². The van der Waals surface area contributed by atoms with Crippen LogP contribution in [-0.2, 0) is 4.79 Å². The van der Waals surface area contributed by atoms with Gasteiger partial charge < -0.3 is 14.5 Å². The van der Waals surface area contributed by atoms with Gasteiger partial charge in [0, 0.05) is 40.3 Å². The van der Waals surface area contributed by atoms with Crippen LogP contribution in [0.1, 0.15) is 11.6 Å². The summed E-state index contributed by atoms with van der Waals surface area (Å²) in [4.78, 5) is 19.1. The highest BCUT2D eigenvalue weighted by Crippen LogP contribution is 2.30. The molecule has 0 saturated carbocycles. The Kier molecular flexibility index (Phi) is 5.78. The number of carbonyl (C=O) groups excluding carboxylic acids is 1.